The summed E-state index contributed by atoms with van der Waals surface area (Å²) in [5, 5.41) is 16.7. The number of carbonyl (C=O) groups excluding carboxylic acids is 1. The number of amides is 1. The van der Waals surface area contributed by atoms with Crippen molar-refractivity contribution in [2.75, 3.05) is 32.8 Å². The summed E-state index contributed by atoms with van der Waals surface area (Å²) in [6.45, 7) is 4.70. The third-order valence-electron chi connectivity index (χ3n) is 4.41. The number of fused-ring (bicyclic) bond motifs is 1. The summed E-state index contributed by atoms with van der Waals surface area (Å²) in [6.07, 6.45) is -0.848. The zero-order chi connectivity index (χ0) is 16.4. The first kappa shape index (κ1) is 16.4. The molecule has 2 heterocycles. The van der Waals surface area contributed by atoms with Crippen LogP contribution in [0.2, 0.25) is 5.02 Å². The van der Waals surface area contributed by atoms with Crippen LogP contribution in [-0.4, -0.2) is 43.9 Å². The quantitative estimate of drug-likeness (QED) is 0.748. The van der Waals surface area contributed by atoms with Crippen LogP contribution < -0.4 is 20.1 Å². The second-order valence-electron chi connectivity index (χ2n) is 5.99. The lowest BCUT2D eigenvalue weighted by atomic mass is 9.88. The Bertz CT molecular complexity index is 592. The number of carbonyl (C=O) groups is 1. The maximum atomic E-state index is 12.1. The highest BCUT2D eigenvalue weighted by Crippen LogP contribution is 2.39. The van der Waals surface area contributed by atoms with Gasteiger partial charge < -0.3 is 25.2 Å². The van der Waals surface area contributed by atoms with Gasteiger partial charge in [0.2, 0.25) is 5.91 Å². The molecule has 2 unspecified atom stereocenters. The molecular weight excluding hydrogens is 320 g/mol. The number of hydrogen-bond donors (Lipinski definition) is 3. The van der Waals surface area contributed by atoms with Crippen molar-refractivity contribution in [3.8, 4) is 11.5 Å². The van der Waals surface area contributed by atoms with E-state index >= 15 is 0 Å². The van der Waals surface area contributed by atoms with Crippen LogP contribution in [0, 0.1) is 11.8 Å². The molecule has 1 fully saturated rings. The third kappa shape index (κ3) is 3.54. The fourth-order valence-electron chi connectivity index (χ4n) is 2.68. The molecule has 126 valence electrons. The second kappa shape index (κ2) is 6.95. The smallest absolute Gasteiger partial charge is 0.223 e. The molecule has 0 aromatic heterocycles. The molecule has 0 radical (unpaired) electrons. The number of hydrogen-bond acceptors (Lipinski definition) is 5. The first-order chi connectivity index (χ1) is 11.1. The fraction of sp³-hybridized carbons (Fsp3) is 0.562. The van der Waals surface area contributed by atoms with Gasteiger partial charge >= 0.3 is 0 Å². The maximum absolute atomic E-state index is 12.1. The Hall–Kier alpha value is -1.50. The van der Waals surface area contributed by atoms with Crippen LogP contribution in [0.1, 0.15) is 18.6 Å². The average Bonchev–Trinajstić information content (AvgIpc) is 2.50. The Labute approximate surface area is 140 Å². The van der Waals surface area contributed by atoms with Gasteiger partial charge in [0.05, 0.1) is 11.1 Å². The molecule has 0 aliphatic carbocycles. The monoisotopic (exact) mass is 340 g/mol. The van der Waals surface area contributed by atoms with E-state index in [0.717, 1.165) is 13.1 Å². The zero-order valence-corrected chi connectivity index (χ0v) is 13.7. The maximum Gasteiger partial charge on any atom is 0.223 e. The summed E-state index contributed by atoms with van der Waals surface area (Å²) < 4.78 is 10.9. The lowest BCUT2D eigenvalue weighted by molar-refractivity contribution is -0.127. The Morgan fingerprint density at radius 1 is 1.43 bits per heavy atom. The van der Waals surface area contributed by atoms with Crippen molar-refractivity contribution in [2.24, 2.45) is 11.8 Å². The van der Waals surface area contributed by atoms with Crippen LogP contribution in [0.5, 0.6) is 11.5 Å². The van der Waals surface area contributed by atoms with Crippen LogP contribution in [0.25, 0.3) is 0 Å². The van der Waals surface area contributed by atoms with Gasteiger partial charge in [-0.25, -0.2) is 0 Å². The van der Waals surface area contributed by atoms with E-state index in [1.165, 1.54) is 0 Å². The number of nitrogens with one attached hydrogen (secondary N) is 2. The molecule has 1 aromatic rings. The van der Waals surface area contributed by atoms with Crippen molar-refractivity contribution >= 4 is 17.5 Å². The van der Waals surface area contributed by atoms with Crippen LogP contribution in [0.15, 0.2) is 12.1 Å². The van der Waals surface area contributed by atoms with E-state index in [1.54, 1.807) is 12.1 Å². The van der Waals surface area contributed by atoms with Crippen LogP contribution >= 0.6 is 11.6 Å². The molecule has 6 nitrogen and oxygen atoms in total. The van der Waals surface area contributed by atoms with E-state index < -0.39 is 6.10 Å². The number of benzene rings is 1. The summed E-state index contributed by atoms with van der Waals surface area (Å²) in [4.78, 5) is 12.1. The van der Waals surface area contributed by atoms with Crippen molar-refractivity contribution in [1.82, 2.24) is 10.6 Å². The lowest BCUT2D eigenvalue weighted by Crippen LogP contribution is -2.50. The van der Waals surface area contributed by atoms with Crippen molar-refractivity contribution in [3.05, 3.63) is 22.7 Å². The normalized spacial score (nSPS) is 19.6. The average molecular weight is 341 g/mol. The summed E-state index contributed by atoms with van der Waals surface area (Å²) in [6, 6.07) is 3.35. The molecule has 7 heteroatoms. The highest BCUT2D eigenvalue weighted by atomic mass is 35.5. The largest absolute Gasteiger partial charge is 0.486 e. The molecule has 0 bridgehead atoms. The molecule has 1 aromatic carbocycles. The van der Waals surface area contributed by atoms with Crippen LogP contribution in [0.4, 0.5) is 0 Å². The molecule has 3 N–H and O–H groups in total. The first-order valence-corrected chi connectivity index (χ1v) is 8.19. The number of ether oxygens (including phenoxy) is 2. The predicted molar refractivity (Wildman–Crippen MR) is 85.9 cm³/mol. The predicted octanol–water partition coefficient (Wildman–Crippen LogP) is 1.12. The molecule has 0 saturated carbocycles. The molecule has 3 rings (SSSR count). The van der Waals surface area contributed by atoms with Gasteiger partial charge in [-0.2, -0.15) is 0 Å². The summed E-state index contributed by atoms with van der Waals surface area (Å²) in [7, 11) is 0. The first-order valence-electron chi connectivity index (χ1n) is 7.82. The van der Waals surface area contributed by atoms with E-state index in [4.69, 9.17) is 21.1 Å². The number of rotatable bonds is 5. The third-order valence-corrected chi connectivity index (χ3v) is 4.69. The molecule has 0 spiro atoms. The van der Waals surface area contributed by atoms with Gasteiger partial charge in [0.1, 0.15) is 13.2 Å². The molecule has 1 amide bonds. The van der Waals surface area contributed by atoms with Gasteiger partial charge in [0, 0.05) is 12.5 Å². The van der Waals surface area contributed by atoms with E-state index in [-0.39, 0.29) is 18.4 Å². The van der Waals surface area contributed by atoms with E-state index in [9.17, 15) is 9.90 Å². The van der Waals surface area contributed by atoms with E-state index in [2.05, 4.69) is 10.6 Å². The number of aliphatic hydroxyl groups excluding tert-OH is 1. The van der Waals surface area contributed by atoms with Gasteiger partial charge in [0.25, 0.3) is 0 Å². The van der Waals surface area contributed by atoms with Gasteiger partial charge in [-0.3, -0.25) is 4.79 Å². The van der Waals surface area contributed by atoms with Crippen LogP contribution in [-0.2, 0) is 4.79 Å². The molecule has 23 heavy (non-hydrogen) atoms. The number of aliphatic hydroxyl groups is 1. The molecule has 2 atom stereocenters. The lowest BCUT2D eigenvalue weighted by Gasteiger charge is -2.32. The topological polar surface area (TPSA) is 79.8 Å². The Balaban J connectivity index is 1.60. The van der Waals surface area contributed by atoms with Gasteiger partial charge in [0.15, 0.2) is 11.5 Å². The van der Waals surface area contributed by atoms with Gasteiger partial charge in [-0.05, 0) is 36.7 Å². The van der Waals surface area contributed by atoms with Gasteiger partial charge in [-0.15, -0.1) is 0 Å². The van der Waals surface area contributed by atoms with Gasteiger partial charge in [-0.1, -0.05) is 18.5 Å². The minimum absolute atomic E-state index is 0.0424. The number of halogens is 1. The minimum atomic E-state index is -0.848. The Morgan fingerprint density at radius 3 is 2.87 bits per heavy atom. The molecule has 2 aliphatic heterocycles. The Morgan fingerprint density at radius 2 is 2.17 bits per heavy atom. The summed E-state index contributed by atoms with van der Waals surface area (Å²) >= 11 is 6.16. The minimum Gasteiger partial charge on any atom is -0.486 e. The van der Waals surface area contributed by atoms with Crippen molar-refractivity contribution in [1.29, 1.82) is 0 Å². The molecule has 1 saturated heterocycles. The van der Waals surface area contributed by atoms with Crippen molar-refractivity contribution < 1.29 is 19.4 Å². The van der Waals surface area contributed by atoms with Crippen molar-refractivity contribution in [2.45, 2.75) is 13.0 Å². The van der Waals surface area contributed by atoms with Crippen LogP contribution in [0.3, 0.4) is 0 Å². The second-order valence-corrected chi connectivity index (χ2v) is 6.40. The summed E-state index contributed by atoms with van der Waals surface area (Å²) in [5.74, 6) is 1.30. The molecule has 2 aliphatic rings. The SMILES string of the molecule is CC(C(=O)NCC(O)c1cc(Cl)c2c(c1)OCCO2)C1CNC1. The van der Waals surface area contributed by atoms with E-state index in [0.29, 0.717) is 41.2 Å². The Kier molecular flexibility index (Phi) is 4.94. The highest BCUT2D eigenvalue weighted by molar-refractivity contribution is 6.32. The standard InChI is InChI=1S/C16H21ClN2O4/c1-9(11-6-18-7-11)16(21)19-8-13(20)10-4-12(17)15-14(5-10)22-2-3-23-15/h4-5,9,11,13,18,20H,2-3,6-8H2,1H3,(H,19,21). The highest BCUT2D eigenvalue weighted by Gasteiger charge is 2.29. The van der Waals surface area contributed by atoms with Crippen molar-refractivity contribution in [3.63, 3.8) is 0 Å². The molecular formula is C16H21ClN2O4. The summed E-state index contributed by atoms with van der Waals surface area (Å²) in [5.41, 5.74) is 0.595. The fourth-order valence-corrected chi connectivity index (χ4v) is 2.95. The van der Waals surface area contributed by atoms with E-state index in [1.807, 2.05) is 6.92 Å². The zero-order valence-electron chi connectivity index (χ0n) is 13.0.